The van der Waals surface area contributed by atoms with Gasteiger partial charge in [-0.05, 0) is 6.92 Å². The van der Waals surface area contributed by atoms with Crippen LogP contribution in [0.25, 0.3) is 22.2 Å². The van der Waals surface area contributed by atoms with E-state index in [0.717, 1.165) is 5.56 Å². The van der Waals surface area contributed by atoms with Crippen molar-refractivity contribution in [2.45, 2.75) is 13.0 Å². The average molecular weight is 570 g/mol. The molecule has 0 bridgehead atoms. The molecular weight excluding hydrogens is 540 g/mol. The van der Waals surface area contributed by atoms with Crippen LogP contribution in [0.5, 0.6) is 17.2 Å². The summed E-state index contributed by atoms with van der Waals surface area (Å²) in [5.41, 5.74) is 1.90. The highest BCUT2D eigenvalue weighted by molar-refractivity contribution is 7.54. The maximum absolute atomic E-state index is 14.5. The second-order valence-electron chi connectivity index (χ2n) is 7.91. The highest BCUT2D eigenvalue weighted by Gasteiger charge is 2.37. The molecule has 200 valence electrons. The van der Waals surface area contributed by atoms with Gasteiger partial charge in [-0.15, -0.1) is 23.2 Å². The van der Waals surface area contributed by atoms with E-state index in [9.17, 15) is 9.36 Å². The summed E-state index contributed by atoms with van der Waals surface area (Å²) in [5, 5.41) is 3.31. The zero-order valence-corrected chi connectivity index (χ0v) is 23.5. The molecule has 3 aromatic rings. The van der Waals surface area contributed by atoms with Crippen LogP contribution < -0.4 is 19.1 Å². The van der Waals surface area contributed by atoms with Gasteiger partial charge in [0.05, 0.1) is 37.9 Å². The number of hydrogen-bond donors (Lipinski definition) is 1. The second kappa shape index (κ2) is 13.3. The molecule has 0 spiro atoms. The molecule has 12 heteroatoms. The number of aromatic nitrogens is 1. The lowest BCUT2D eigenvalue weighted by Gasteiger charge is -2.32. The molecule has 0 saturated carbocycles. The number of methoxy groups -OCH3 is 3. The van der Waals surface area contributed by atoms with Gasteiger partial charge in [0, 0.05) is 48.6 Å². The number of carbonyl (C=O) groups is 1. The number of fused-ring (bicyclic) bond motifs is 1. The van der Waals surface area contributed by atoms with E-state index in [1.165, 1.54) is 25.8 Å². The van der Waals surface area contributed by atoms with E-state index in [1.807, 2.05) is 30.3 Å². The number of rotatable bonds is 13. The number of pyridine rings is 1. The average Bonchev–Trinajstić information content (AvgIpc) is 2.91. The highest BCUT2D eigenvalue weighted by Crippen LogP contribution is 2.51. The van der Waals surface area contributed by atoms with E-state index in [4.69, 9.17) is 46.9 Å². The van der Waals surface area contributed by atoms with Crippen molar-refractivity contribution in [2.24, 2.45) is 0 Å². The van der Waals surface area contributed by atoms with Gasteiger partial charge in [-0.25, -0.2) is 19.3 Å². The quantitative estimate of drug-likeness (QED) is 0.166. The molecule has 3 rings (SSSR count). The summed E-state index contributed by atoms with van der Waals surface area (Å²) in [6.07, 6.45) is 0. The van der Waals surface area contributed by atoms with Crippen LogP contribution in [0.3, 0.4) is 0 Å². The normalized spacial score (nSPS) is 13.7. The number of ether oxygens (including phenoxy) is 3. The van der Waals surface area contributed by atoms with Crippen LogP contribution in [0.2, 0.25) is 0 Å². The van der Waals surface area contributed by atoms with Crippen molar-refractivity contribution in [3.05, 3.63) is 48.5 Å². The van der Waals surface area contributed by atoms with Crippen LogP contribution in [0.15, 0.2) is 48.5 Å². The summed E-state index contributed by atoms with van der Waals surface area (Å²) in [6, 6.07) is 13.6. The Morgan fingerprint density at radius 3 is 2.27 bits per heavy atom. The monoisotopic (exact) mass is 569 g/mol. The second-order valence-corrected chi connectivity index (χ2v) is 10.7. The highest BCUT2D eigenvalue weighted by atomic mass is 35.5. The summed E-state index contributed by atoms with van der Waals surface area (Å²) in [5.74, 6) is 0.874. The van der Waals surface area contributed by atoms with Gasteiger partial charge in [0.15, 0.2) is 0 Å². The van der Waals surface area contributed by atoms with Gasteiger partial charge < -0.3 is 18.7 Å². The molecule has 2 atom stereocenters. The Balaban J connectivity index is 2.26. The first-order valence-electron chi connectivity index (χ1n) is 11.4. The van der Waals surface area contributed by atoms with Gasteiger partial charge in [0.2, 0.25) is 0 Å². The van der Waals surface area contributed by atoms with Crippen molar-refractivity contribution < 1.29 is 28.1 Å². The number of esters is 1. The van der Waals surface area contributed by atoms with E-state index >= 15 is 0 Å². The van der Waals surface area contributed by atoms with Crippen LogP contribution in [0.4, 0.5) is 0 Å². The molecule has 1 unspecified atom stereocenters. The zero-order valence-electron chi connectivity index (χ0n) is 21.1. The summed E-state index contributed by atoms with van der Waals surface area (Å²) in [4.78, 5) is 17.0. The predicted molar refractivity (Wildman–Crippen MR) is 146 cm³/mol. The van der Waals surface area contributed by atoms with Gasteiger partial charge in [0.25, 0.3) is 0 Å². The minimum Gasteiger partial charge on any atom is -0.497 e. The first-order chi connectivity index (χ1) is 17.8. The first-order valence-corrected chi connectivity index (χ1v) is 14.1. The van der Waals surface area contributed by atoms with Gasteiger partial charge in [-0.3, -0.25) is 4.79 Å². The number of halogens is 2. The number of nitrogens with one attached hydrogen (secondary N) is 1. The van der Waals surface area contributed by atoms with E-state index < -0.39 is 19.7 Å². The summed E-state index contributed by atoms with van der Waals surface area (Å²) in [7, 11) is 0.330. The van der Waals surface area contributed by atoms with Crippen LogP contribution in [0.1, 0.15) is 6.92 Å². The lowest BCUT2D eigenvalue weighted by atomic mass is 10.1. The molecule has 0 aliphatic rings. The Labute approximate surface area is 226 Å². The SMILES string of the molecule is COC(=O)[C@H](C)NP(=O)(Oc1cc(-c2ccccc2)nc2cc(OC)cc(OC)c12)N(CCCl)CCCl. The summed E-state index contributed by atoms with van der Waals surface area (Å²) < 4.78 is 38.2. The standard InChI is InChI=1S/C25H30Cl2N3O6P/c1-17(25(31)35-4)29-37(32,30(12-10-26)13-11-27)36-23-16-20(18-8-6-5-7-9-18)28-21-14-19(33-2)15-22(34-3)24(21)23/h5-9,14-17H,10-13H2,1-4H3,(H,29,32)/t17-,37?/m0/s1. The molecule has 0 radical (unpaired) electrons. The Hall–Kier alpha value is -2.55. The molecule has 1 N–H and O–H groups in total. The Kier molecular flexibility index (Phi) is 10.4. The fourth-order valence-electron chi connectivity index (χ4n) is 3.72. The molecule has 0 aliphatic carbocycles. The number of hydrogen-bond acceptors (Lipinski definition) is 7. The maximum Gasteiger partial charge on any atom is 0.393 e. The van der Waals surface area contributed by atoms with Crippen molar-refractivity contribution in [1.29, 1.82) is 0 Å². The third-order valence-electron chi connectivity index (χ3n) is 5.53. The molecule has 9 nitrogen and oxygen atoms in total. The molecule has 0 aliphatic heterocycles. The minimum absolute atomic E-state index is 0.158. The van der Waals surface area contributed by atoms with Crippen molar-refractivity contribution in [2.75, 3.05) is 46.2 Å². The Bertz CT molecular complexity index is 1260. The number of nitrogens with zero attached hydrogens (tertiary/aromatic N) is 2. The fraction of sp³-hybridized carbons (Fsp3) is 0.360. The molecule has 0 amide bonds. The lowest BCUT2D eigenvalue weighted by Crippen LogP contribution is -2.41. The predicted octanol–water partition coefficient (Wildman–Crippen LogP) is 5.34. The Morgan fingerprint density at radius 2 is 1.70 bits per heavy atom. The third kappa shape index (κ3) is 6.86. The van der Waals surface area contributed by atoms with Gasteiger partial charge in [-0.1, -0.05) is 30.3 Å². The molecule has 37 heavy (non-hydrogen) atoms. The van der Waals surface area contributed by atoms with Crippen molar-refractivity contribution in [3.8, 4) is 28.5 Å². The zero-order chi connectivity index (χ0) is 27.0. The van der Waals surface area contributed by atoms with Crippen molar-refractivity contribution in [1.82, 2.24) is 14.7 Å². The summed E-state index contributed by atoms with van der Waals surface area (Å²) in [6.45, 7) is 1.91. The van der Waals surface area contributed by atoms with Crippen LogP contribution >= 0.6 is 30.9 Å². The number of benzene rings is 2. The topological polar surface area (TPSA) is 99.2 Å². The van der Waals surface area contributed by atoms with Crippen LogP contribution in [-0.4, -0.2) is 67.8 Å². The van der Waals surface area contributed by atoms with E-state index in [-0.39, 0.29) is 30.6 Å². The molecule has 1 heterocycles. The fourth-order valence-corrected chi connectivity index (χ4v) is 6.43. The first kappa shape index (κ1) is 29.0. The molecule has 0 fully saturated rings. The summed E-state index contributed by atoms with van der Waals surface area (Å²) >= 11 is 12.0. The van der Waals surface area contributed by atoms with E-state index in [2.05, 4.69) is 5.09 Å². The van der Waals surface area contributed by atoms with Crippen molar-refractivity contribution in [3.63, 3.8) is 0 Å². The molecule has 2 aromatic carbocycles. The van der Waals surface area contributed by atoms with Crippen LogP contribution in [0, 0.1) is 0 Å². The van der Waals surface area contributed by atoms with Crippen molar-refractivity contribution >= 4 is 47.7 Å². The number of carbonyl (C=O) groups excluding carboxylic acids is 1. The van der Waals surface area contributed by atoms with Gasteiger partial charge >= 0.3 is 13.6 Å². The molecular formula is C25H30Cl2N3O6P. The largest absolute Gasteiger partial charge is 0.497 e. The van der Waals surface area contributed by atoms with Gasteiger partial charge in [0.1, 0.15) is 23.3 Å². The lowest BCUT2D eigenvalue weighted by molar-refractivity contribution is -0.142. The van der Waals surface area contributed by atoms with Crippen LogP contribution in [-0.2, 0) is 14.1 Å². The number of alkyl halides is 2. The minimum atomic E-state index is -3.97. The molecule has 1 aromatic heterocycles. The Morgan fingerprint density at radius 1 is 1.03 bits per heavy atom. The molecule has 0 saturated heterocycles. The maximum atomic E-state index is 14.5. The van der Waals surface area contributed by atoms with E-state index in [0.29, 0.717) is 28.1 Å². The van der Waals surface area contributed by atoms with E-state index in [1.54, 1.807) is 25.3 Å². The van der Waals surface area contributed by atoms with Gasteiger partial charge in [-0.2, -0.15) is 0 Å². The smallest absolute Gasteiger partial charge is 0.393 e. The third-order valence-corrected chi connectivity index (χ3v) is 8.17.